The smallest absolute Gasteiger partial charge is 0.420 e. The van der Waals surface area contributed by atoms with Gasteiger partial charge in [0, 0.05) is 6.54 Å². The lowest BCUT2D eigenvalue weighted by Gasteiger charge is -2.32. The van der Waals surface area contributed by atoms with Crippen molar-refractivity contribution in [2.24, 2.45) is 0 Å². The Morgan fingerprint density at radius 2 is 0.892 bits per heavy atom. The van der Waals surface area contributed by atoms with E-state index in [1.807, 2.05) is 0 Å². The van der Waals surface area contributed by atoms with Gasteiger partial charge in [0.15, 0.2) is 0 Å². The molecular weight excluding hydrogens is 488 g/mol. The van der Waals surface area contributed by atoms with E-state index in [1.165, 1.54) is 0 Å². The monoisotopic (exact) mass is 532 g/mol. The molecule has 0 aromatic carbocycles. The highest BCUT2D eigenvalue weighted by Crippen LogP contribution is 2.21. The van der Waals surface area contributed by atoms with Crippen LogP contribution in [0.5, 0.6) is 0 Å². The lowest BCUT2D eigenvalue weighted by molar-refractivity contribution is -0.143. The molecule has 0 aliphatic rings. The molecule has 1 atom stereocenters. The highest BCUT2D eigenvalue weighted by molar-refractivity contribution is 5.93. The third kappa shape index (κ3) is 14.3. The van der Waals surface area contributed by atoms with Crippen LogP contribution in [0.2, 0.25) is 0 Å². The minimum absolute atomic E-state index is 0.114. The zero-order valence-corrected chi connectivity index (χ0v) is 24.2. The van der Waals surface area contributed by atoms with Gasteiger partial charge in [-0.05, 0) is 95.9 Å². The first-order valence-corrected chi connectivity index (χ1v) is 12.0. The number of carbonyl (C=O) groups is 5. The van der Waals surface area contributed by atoms with Crippen molar-refractivity contribution in [3.05, 3.63) is 0 Å². The second-order valence-electron chi connectivity index (χ2n) is 12.4. The Morgan fingerprint density at radius 3 is 1.16 bits per heavy atom. The average Bonchev–Trinajstić information content (AvgIpc) is 2.57. The number of aliphatic carboxylic acids is 1. The quantitative estimate of drug-likeness (QED) is 0.430. The molecule has 0 rings (SSSR count). The van der Waals surface area contributed by atoms with E-state index in [2.05, 4.69) is 0 Å². The van der Waals surface area contributed by atoms with E-state index in [9.17, 15) is 29.1 Å². The topological polar surface area (TPSA) is 149 Å². The zero-order chi connectivity index (χ0) is 29.6. The molecule has 0 aromatic rings. The molecule has 0 heterocycles. The van der Waals surface area contributed by atoms with Gasteiger partial charge in [-0.15, -0.1) is 0 Å². The van der Waals surface area contributed by atoms with Crippen molar-refractivity contribution in [3.8, 4) is 0 Å². The summed E-state index contributed by atoms with van der Waals surface area (Å²) in [6.07, 6.45) is -4.81. The van der Waals surface area contributed by atoms with Gasteiger partial charge in [-0.25, -0.2) is 28.9 Å². The van der Waals surface area contributed by atoms with E-state index >= 15 is 0 Å². The molecule has 4 amide bonds. The first-order valence-electron chi connectivity index (χ1n) is 12.0. The van der Waals surface area contributed by atoms with Gasteiger partial charge < -0.3 is 24.1 Å². The molecular formula is C25H44N2O10. The van der Waals surface area contributed by atoms with Crippen molar-refractivity contribution in [3.63, 3.8) is 0 Å². The number of rotatable bonds is 6. The standard InChI is InChI=1S/C25H44N2O10/c1-22(2,3)34-18(30)26(19(31)35-23(4,5)6)15-13-14-16(17(28)29)27(20(32)36-24(7,8)9)21(33)37-25(10,11)12/h16H,13-15H2,1-12H3,(H,28,29)/t16-/m0/s1. The third-order valence-electron chi connectivity index (χ3n) is 3.86. The maximum atomic E-state index is 12.8. The van der Waals surface area contributed by atoms with E-state index in [0.717, 1.165) is 0 Å². The van der Waals surface area contributed by atoms with Crippen LogP contribution >= 0.6 is 0 Å². The summed E-state index contributed by atoms with van der Waals surface area (Å²) in [5.41, 5.74) is -3.87. The Bertz CT molecular complexity index is 785. The summed E-state index contributed by atoms with van der Waals surface area (Å²) < 4.78 is 21.1. The second-order valence-corrected chi connectivity index (χ2v) is 12.4. The Balaban J connectivity index is 5.97. The molecule has 0 aliphatic heterocycles. The summed E-state index contributed by atoms with van der Waals surface area (Å²) in [7, 11) is 0. The van der Waals surface area contributed by atoms with Crippen molar-refractivity contribution in [1.29, 1.82) is 0 Å². The molecule has 0 spiro atoms. The maximum absolute atomic E-state index is 12.8. The van der Waals surface area contributed by atoms with Gasteiger partial charge in [-0.1, -0.05) is 0 Å². The van der Waals surface area contributed by atoms with Crippen molar-refractivity contribution in [1.82, 2.24) is 9.80 Å². The summed E-state index contributed by atoms with van der Waals surface area (Å²) in [6.45, 7) is 18.8. The van der Waals surface area contributed by atoms with Crippen molar-refractivity contribution in [2.45, 2.75) is 124 Å². The van der Waals surface area contributed by atoms with Crippen LogP contribution in [0.15, 0.2) is 0 Å². The van der Waals surface area contributed by atoms with Crippen molar-refractivity contribution < 1.29 is 48.0 Å². The number of carboxylic acid groups (broad SMARTS) is 1. The van der Waals surface area contributed by atoms with E-state index in [-0.39, 0.29) is 19.4 Å². The molecule has 0 aromatic heterocycles. The molecule has 0 saturated carbocycles. The van der Waals surface area contributed by atoms with Gasteiger partial charge in [0.05, 0.1) is 0 Å². The SMILES string of the molecule is CC(C)(C)OC(=O)N(CCC[C@@H](C(=O)O)N(C(=O)OC(C)(C)C)C(=O)OC(C)(C)C)C(=O)OC(C)(C)C. The molecule has 214 valence electrons. The first-order chi connectivity index (χ1) is 16.3. The highest BCUT2D eigenvalue weighted by atomic mass is 16.6. The normalized spacial score (nSPS) is 13.2. The predicted octanol–water partition coefficient (Wildman–Crippen LogP) is 5.56. The number of carbonyl (C=O) groups excluding carboxylic acids is 4. The number of imide groups is 2. The fraction of sp³-hybridized carbons (Fsp3) is 0.800. The van der Waals surface area contributed by atoms with E-state index in [0.29, 0.717) is 9.80 Å². The van der Waals surface area contributed by atoms with E-state index in [1.54, 1.807) is 83.1 Å². The molecule has 37 heavy (non-hydrogen) atoms. The fourth-order valence-corrected chi connectivity index (χ4v) is 2.65. The predicted molar refractivity (Wildman–Crippen MR) is 134 cm³/mol. The Morgan fingerprint density at radius 1 is 0.595 bits per heavy atom. The molecule has 12 nitrogen and oxygen atoms in total. The first kappa shape index (κ1) is 34.0. The van der Waals surface area contributed by atoms with Crippen LogP contribution in [0.3, 0.4) is 0 Å². The van der Waals surface area contributed by atoms with Gasteiger partial charge in [-0.2, -0.15) is 4.90 Å². The van der Waals surface area contributed by atoms with E-state index < -0.39 is 58.8 Å². The van der Waals surface area contributed by atoms with Crippen LogP contribution in [0.25, 0.3) is 0 Å². The lowest BCUT2D eigenvalue weighted by atomic mass is 10.1. The number of amides is 4. The Hall–Kier alpha value is -3.05. The Labute approximate surface area is 219 Å². The highest BCUT2D eigenvalue weighted by Gasteiger charge is 2.40. The molecule has 12 heteroatoms. The van der Waals surface area contributed by atoms with Crippen molar-refractivity contribution >= 4 is 30.3 Å². The number of hydrogen-bond acceptors (Lipinski definition) is 9. The van der Waals surface area contributed by atoms with Gasteiger partial charge in [0.25, 0.3) is 0 Å². The van der Waals surface area contributed by atoms with Gasteiger partial charge in [0.1, 0.15) is 28.4 Å². The van der Waals surface area contributed by atoms with E-state index in [4.69, 9.17) is 18.9 Å². The molecule has 0 saturated heterocycles. The summed E-state index contributed by atoms with van der Waals surface area (Å²) in [5.74, 6) is -1.50. The van der Waals surface area contributed by atoms with Gasteiger partial charge in [-0.3, -0.25) is 0 Å². The van der Waals surface area contributed by atoms with Crippen molar-refractivity contribution in [2.75, 3.05) is 6.54 Å². The van der Waals surface area contributed by atoms with Gasteiger partial charge >= 0.3 is 30.3 Å². The fourth-order valence-electron chi connectivity index (χ4n) is 2.65. The molecule has 0 unspecified atom stereocenters. The molecule has 0 radical (unpaired) electrons. The van der Waals surface area contributed by atoms with Crippen LogP contribution < -0.4 is 0 Å². The van der Waals surface area contributed by atoms with Crippen LogP contribution in [0, 0.1) is 0 Å². The largest absolute Gasteiger partial charge is 0.480 e. The molecule has 0 aliphatic carbocycles. The number of carboxylic acids is 1. The third-order valence-corrected chi connectivity index (χ3v) is 3.86. The summed E-state index contributed by atoms with van der Waals surface area (Å²) in [6, 6.07) is -1.70. The van der Waals surface area contributed by atoms with Gasteiger partial charge in [0.2, 0.25) is 0 Å². The lowest BCUT2D eigenvalue weighted by Crippen LogP contribution is -2.52. The summed E-state index contributed by atoms with van der Waals surface area (Å²) >= 11 is 0. The molecule has 0 fully saturated rings. The summed E-state index contributed by atoms with van der Waals surface area (Å²) in [5, 5.41) is 9.87. The maximum Gasteiger partial charge on any atom is 0.420 e. The van der Waals surface area contributed by atoms with Crippen LogP contribution in [0.1, 0.15) is 95.9 Å². The van der Waals surface area contributed by atoms with Crippen LogP contribution in [-0.4, -0.2) is 80.2 Å². The minimum Gasteiger partial charge on any atom is -0.480 e. The minimum atomic E-state index is -1.70. The van der Waals surface area contributed by atoms with Crippen LogP contribution in [-0.2, 0) is 23.7 Å². The number of nitrogens with zero attached hydrogens (tertiary/aromatic N) is 2. The average molecular weight is 533 g/mol. The van der Waals surface area contributed by atoms with Crippen LogP contribution in [0.4, 0.5) is 19.2 Å². The molecule has 1 N–H and O–H groups in total. The second kappa shape index (κ2) is 12.5. The summed E-state index contributed by atoms with van der Waals surface area (Å²) in [4.78, 5) is 64.3. The zero-order valence-electron chi connectivity index (χ0n) is 24.2. The number of hydrogen-bond donors (Lipinski definition) is 1. The number of ether oxygens (including phenoxy) is 4. The Kier molecular flexibility index (Phi) is 11.4. The molecule has 0 bridgehead atoms.